The molecule has 0 aromatic heterocycles. The van der Waals surface area contributed by atoms with Crippen LogP contribution in [0.2, 0.25) is 0 Å². The lowest BCUT2D eigenvalue weighted by Gasteiger charge is -2.47. The van der Waals surface area contributed by atoms with E-state index in [4.69, 9.17) is 13.6 Å². The number of carbonyl (C=O) groups excluding carboxylic acids is 3. The van der Waals surface area contributed by atoms with Gasteiger partial charge in [0.05, 0.1) is 21.8 Å². The van der Waals surface area contributed by atoms with Gasteiger partial charge in [0.15, 0.2) is 0 Å². The number of nitrogens with one attached hydrogen (secondary N) is 1. The zero-order valence-electron chi connectivity index (χ0n) is 25.0. The average molecular weight is 527 g/mol. The predicted octanol–water partition coefficient (Wildman–Crippen LogP) is 3.56. The fraction of sp³-hybridized carbons (Fsp3) is 0.483. The molecular formula is C29H34FN3O5. The zero-order valence-corrected chi connectivity index (χ0v) is 22.0. The third-order valence-electron chi connectivity index (χ3n) is 6.72. The van der Waals surface area contributed by atoms with Crippen LogP contribution >= 0.6 is 0 Å². The summed E-state index contributed by atoms with van der Waals surface area (Å²) in [4.78, 5) is 40.4. The van der Waals surface area contributed by atoms with Gasteiger partial charge in [0, 0.05) is 42.7 Å². The maximum Gasteiger partial charge on any atom is 0.255 e. The summed E-state index contributed by atoms with van der Waals surface area (Å²) in [6.07, 6.45) is -0.549. The molecule has 0 aliphatic carbocycles. The number of amides is 3. The van der Waals surface area contributed by atoms with E-state index in [1.807, 2.05) is 33.0 Å². The van der Waals surface area contributed by atoms with Crippen LogP contribution in [0.3, 0.4) is 0 Å². The van der Waals surface area contributed by atoms with Crippen molar-refractivity contribution in [1.82, 2.24) is 15.1 Å². The van der Waals surface area contributed by atoms with Crippen LogP contribution in [0.15, 0.2) is 36.4 Å². The molecule has 2 fully saturated rings. The molecule has 2 aromatic rings. The van der Waals surface area contributed by atoms with E-state index in [2.05, 4.69) is 4.90 Å². The third-order valence-corrected chi connectivity index (χ3v) is 6.72. The van der Waals surface area contributed by atoms with E-state index in [0.717, 1.165) is 5.56 Å². The van der Waals surface area contributed by atoms with Crippen LogP contribution < -0.4 is 10.1 Å². The molecule has 1 N–H and O–H groups in total. The first-order chi connectivity index (χ1) is 19.0. The number of halogens is 1. The first kappa shape index (κ1) is 22.7. The Kier molecular flexibility index (Phi) is 5.83. The minimum Gasteiger partial charge on any atom is -0.488 e. The number of ether oxygens (including phenoxy) is 2. The lowest BCUT2D eigenvalue weighted by molar-refractivity contribution is -0.182. The summed E-state index contributed by atoms with van der Waals surface area (Å²) in [7, 11) is 0. The van der Waals surface area contributed by atoms with Crippen molar-refractivity contribution >= 4 is 17.7 Å². The van der Waals surface area contributed by atoms with Crippen molar-refractivity contribution in [3.05, 3.63) is 64.5 Å². The minimum absolute atomic E-state index is 0.000672. The van der Waals surface area contributed by atoms with Gasteiger partial charge in [0.25, 0.3) is 5.91 Å². The molecule has 3 heterocycles. The van der Waals surface area contributed by atoms with Crippen LogP contribution in [0.4, 0.5) is 4.39 Å². The van der Waals surface area contributed by atoms with E-state index >= 15 is 0 Å². The largest absolute Gasteiger partial charge is 0.488 e. The molecular weight excluding hydrogens is 489 g/mol. The summed E-state index contributed by atoms with van der Waals surface area (Å²) < 4.78 is 53.2. The number of morpholine rings is 1. The minimum atomic E-state index is -2.60. The highest BCUT2D eigenvalue weighted by Gasteiger charge is 2.40. The van der Waals surface area contributed by atoms with Gasteiger partial charge < -0.3 is 14.4 Å². The Morgan fingerprint density at radius 1 is 1.16 bits per heavy atom. The number of carbonyl (C=O) groups is 3. The smallest absolute Gasteiger partial charge is 0.255 e. The van der Waals surface area contributed by atoms with Crippen molar-refractivity contribution in [2.75, 3.05) is 13.1 Å². The van der Waals surface area contributed by atoms with Gasteiger partial charge in [-0.15, -0.1) is 0 Å². The van der Waals surface area contributed by atoms with Crippen LogP contribution in [-0.4, -0.2) is 57.8 Å². The molecule has 3 aliphatic rings. The van der Waals surface area contributed by atoms with E-state index in [1.54, 1.807) is 12.1 Å². The summed E-state index contributed by atoms with van der Waals surface area (Å²) in [6, 6.07) is 6.84. The van der Waals surface area contributed by atoms with Gasteiger partial charge in [-0.3, -0.25) is 24.6 Å². The van der Waals surface area contributed by atoms with E-state index in [1.165, 1.54) is 24.3 Å². The lowest BCUT2D eigenvalue weighted by atomic mass is 9.98. The molecule has 5 rings (SSSR count). The van der Waals surface area contributed by atoms with Gasteiger partial charge in [0.2, 0.25) is 11.8 Å². The standard InChI is InChI=1S/C29H34FN3O5/c1-28(2)16-32(17-29(3,4)38-28)13-18-8-9-22(30)19(12-18)15-37-24-7-5-6-20-21(24)14-33(27(20)36)23-10-11-25(34)31-26(23)35/h5-9,12,23H,10-11,13-17H2,1-4H3,(H,31,34,35)/i14D2,23D. The van der Waals surface area contributed by atoms with Crippen LogP contribution in [0, 0.1) is 5.82 Å². The highest BCUT2D eigenvalue weighted by Crippen LogP contribution is 2.34. The number of fused-ring (bicyclic) bond motifs is 1. The molecule has 0 spiro atoms. The van der Waals surface area contributed by atoms with Gasteiger partial charge in [-0.2, -0.15) is 0 Å². The number of piperidine rings is 1. The molecule has 1 atom stereocenters. The molecule has 0 radical (unpaired) electrons. The second-order valence-electron chi connectivity index (χ2n) is 11.2. The maximum atomic E-state index is 14.9. The Morgan fingerprint density at radius 3 is 2.61 bits per heavy atom. The van der Waals surface area contributed by atoms with E-state index in [0.29, 0.717) is 24.5 Å². The van der Waals surface area contributed by atoms with Crippen molar-refractivity contribution in [3.63, 3.8) is 0 Å². The normalized spacial score (nSPS) is 27.2. The SMILES string of the molecule is [2H]C1(N2C(=O)c3cccc(OCc4cc(CN5CC(C)(C)OC(C)(C)C5)ccc4F)c3C2([2H])[2H])CCC(=O)NC1=O. The Labute approximate surface area is 226 Å². The van der Waals surface area contributed by atoms with Crippen molar-refractivity contribution in [3.8, 4) is 5.75 Å². The predicted molar refractivity (Wildman–Crippen MR) is 138 cm³/mol. The Balaban J connectivity index is 1.38. The molecule has 1 unspecified atom stereocenters. The number of nitrogens with zero attached hydrogens (tertiary/aromatic N) is 2. The van der Waals surface area contributed by atoms with Gasteiger partial charge in [-0.1, -0.05) is 12.1 Å². The van der Waals surface area contributed by atoms with Crippen LogP contribution in [0.1, 0.15) is 71.7 Å². The van der Waals surface area contributed by atoms with Gasteiger partial charge in [0.1, 0.15) is 24.2 Å². The second-order valence-corrected chi connectivity index (χ2v) is 11.2. The van der Waals surface area contributed by atoms with E-state index in [9.17, 15) is 18.8 Å². The molecule has 0 bridgehead atoms. The topological polar surface area (TPSA) is 88.2 Å². The number of hydrogen-bond acceptors (Lipinski definition) is 6. The lowest BCUT2D eigenvalue weighted by Crippen LogP contribution is -2.56. The van der Waals surface area contributed by atoms with Gasteiger partial charge in [-0.25, -0.2) is 4.39 Å². The maximum absolute atomic E-state index is 14.9. The van der Waals surface area contributed by atoms with Crippen molar-refractivity contribution in [2.24, 2.45) is 0 Å². The van der Waals surface area contributed by atoms with E-state index < -0.39 is 36.1 Å². The fourth-order valence-electron chi connectivity index (χ4n) is 5.55. The molecule has 0 saturated carbocycles. The number of benzene rings is 2. The first-order valence-corrected chi connectivity index (χ1v) is 12.7. The monoisotopic (exact) mass is 526 g/mol. The first-order valence-electron chi connectivity index (χ1n) is 14.2. The van der Waals surface area contributed by atoms with Crippen LogP contribution in [0.25, 0.3) is 0 Å². The molecule has 202 valence electrons. The summed E-state index contributed by atoms with van der Waals surface area (Å²) in [6.45, 7) is 7.31. The molecule has 8 nitrogen and oxygen atoms in total. The average Bonchev–Trinajstić information content (AvgIpc) is 3.06. The highest BCUT2D eigenvalue weighted by atomic mass is 19.1. The molecule has 9 heteroatoms. The van der Waals surface area contributed by atoms with Gasteiger partial charge in [-0.05, 0) is 63.9 Å². The Morgan fingerprint density at radius 2 is 1.89 bits per heavy atom. The molecule has 3 aliphatic heterocycles. The summed E-state index contributed by atoms with van der Waals surface area (Å²) >= 11 is 0. The van der Waals surface area contributed by atoms with Crippen LogP contribution in [-0.2, 0) is 34.0 Å². The molecule has 2 aromatic carbocycles. The quantitative estimate of drug-likeness (QED) is 0.580. The fourth-order valence-corrected chi connectivity index (χ4v) is 5.55. The van der Waals surface area contributed by atoms with Crippen LogP contribution in [0.5, 0.6) is 5.75 Å². The van der Waals surface area contributed by atoms with Gasteiger partial charge >= 0.3 is 0 Å². The van der Waals surface area contributed by atoms with E-state index in [-0.39, 0.29) is 53.1 Å². The highest BCUT2D eigenvalue weighted by molar-refractivity contribution is 6.05. The summed E-state index contributed by atoms with van der Waals surface area (Å²) in [5, 5.41) is 2.03. The molecule has 3 amide bonds. The van der Waals surface area contributed by atoms with Crippen molar-refractivity contribution in [2.45, 2.75) is 77.4 Å². The van der Waals surface area contributed by atoms with Crippen molar-refractivity contribution < 1.29 is 32.4 Å². The molecule has 38 heavy (non-hydrogen) atoms. The third kappa shape index (κ3) is 5.44. The number of imide groups is 1. The Bertz CT molecular complexity index is 1420. The summed E-state index contributed by atoms with van der Waals surface area (Å²) in [5.74, 6) is -3.00. The number of hydrogen-bond donors (Lipinski definition) is 1. The summed E-state index contributed by atoms with van der Waals surface area (Å²) in [5.41, 5.74) is 0.263. The second kappa shape index (κ2) is 9.78. The number of rotatable bonds is 6. The Hall–Kier alpha value is -3.30. The van der Waals surface area contributed by atoms with Crippen molar-refractivity contribution in [1.29, 1.82) is 0 Å². The zero-order chi connectivity index (χ0) is 30.0. The molecule has 2 saturated heterocycles.